The Morgan fingerprint density at radius 3 is 2.44 bits per heavy atom. The molecular weight excluding hydrogens is 441 g/mol. The van der Waals surface area contributed by atoms with Gasteiger partial charge in [0, 0.05) is 37.3 Å². The van der Waals surface area contributed by atoms with Crippen LogP contribution in [0.25, 0.3) is 0 Å². The van der Waals surface area contributed by atoms with E-state index in [-0.39, 0.29) is 29.9 Å². The summed E-state index contributed by atoms with van der Waals surface area (Å²) in [6.45, 7) is 2.79. The number of sulfonamides is 1. The molecule has 0 aromatic heterocycles. The lowest BCUT2D eigenvalue weighted by molar-refractivity contribution is -0.137. The molecule has 1 aliphatic carbocycles. The third kappa shape index (κ3) is 4.15. The molecule has 2 aromatic carbocycles. The van der Waals surface area contributed by atoms with Gasteiger partial charge >= 0.3 is 6.18 Å². The first-order valence-corrected chi connectivity index (χ1v) is 12.1. The predicted molar refractivity (Wildman–Crippen MR) is 115 cm³/mol. The Kier molecular flexibility index (Phi) is 6.06. The Bertz CT molecular complexity index is 1100. The van der Waals surface area contributed by atoms with Crippen LogP contribution in [-0.4, -0.2) is 44.7 Å². The molecule has 1 saturated heterocycles. The van der Waals surface area contributed by atoms with E-state index >= 15 is 0 Å². The number of aldehydes is 1. The van der Waals surface area contributed by atoms with Gasteiger partial charge in [-0.15, -0.1) is 0 Å². The molecule has 5 nitrogen and oxygen atoms in total. The van der Waals surface area contributed by atoms with E-state index in [0.717, 1.165) is 36.0 Å². The van der Waals surface area contributed by atoms with Gasteiger partial charge in [-0.1, -0.05) is 13.0 Å². The van der Waals surface area contributed by atoms with E-state index < -0.39 is 21.8 Å². The molecule has 2 atom stereocenters. The molecular formula is C23H25F3N2O3S. The Labute approximate surface area is 185 Å². The second-order valence-electron chi connectivity index (χ2n) is 8.31. The van der Waals surface area contributed by atoms with Crippen molar-refractivity contribution in [3.63, 3.8) is 0 Å². The maximum absolute atomic E-state index is 13.3. The molecule has 0 spiro atoms. The van der Waals surface area contributed by atoms with Crippen molar-refractivity contribution in [3.05, 3.63) is 59.2 Å². The Balaban J connectivity index is 1.54. The van der Waals surface area contributed by atoms with Crippen LogP contribution < -0.4 is 4.90 Å². The van der Waals surface area contributed by atoms with Crippen molar-refractivity contribution >= 4 is 22.0 Å². The monoisotopic (exact) mass is 466 g/mol. The summed E-state index contributed by atoms with van der Waals surface area (Å²) >= 11 is 0. The van der Waals surface area contributed by atoms with Crippen molar-refractivity contribution in [2.75, 3.05) is 24.5 Å². The van der Waals surface area contributed by atoms with Crippen LogP contribution in [0.1, 0.15) is 42.4 Å². The zero-order valence-corrected chi connectivity index (χ0v) is 18.5. The van der Waals surface area contributed by atoms with Gasteiger partial charge in [0.05, 0.1) is 10.5 Å². The second kappa shape index (κ2) is 8.51. The van der Waals surface area contributed by atoms with Crippen LogP contribution in [0.5, 0.6) is 0 Å². The molecule has 1 heterocycles. The quantitative estimate of drug-likeness (QED) is 0.619. The van der Waals surface area contributed by atoms with Crippen LogP contribution in [0.3, 0.4) is 0 Å². The molecule has 0 radical (unpaired) electrons. The first-order valence-electron chi connectivity index (χ1n) is 10.7. The highest BCUT2D eigenvalue weighted by Gasteiger charge is 2.35. The molecule has 4 rings (SSSR count). The predicted octanol–water partition coefficient (Wildman–Crippen LogP) is 4.22. The minimum absolute atomic E-state index is 0.160. The number of nitrogens with zero attached hydrogens (tertiary/aromatic N) is 2. The fourth-order valence-corrected chi connectivity index (χ4v) is 6.14. The molecule has 1 fully saturated rings. The largest absolute Gasteiger partial charge is 0.416 e. The van der Waals surface area contributed by atoms with Crippen LogP contribution in [0.4, 0.5) is 18.9 Å². The molecule has 172 valence electrons. The smallest absolute Gasteiger partial charge is 0.366 e. The number of hydrogen-bond acceptors (Lipinski definition) is 4. The van der Waals surface area contributed by atoms with Gasteiger partial charge in [0.25, 0.3) is 0 Å². The Morgan fingerprint density at radius 2 is 1.81 bits per heavy atom. The minimum Gasteiger partial charge on any atom is -0.366 e. The molecule has 0 saturated carbocycles. The summed E-state index contributed by atoms with van der Waals surface area (Å²) in [5.74, 6) is -0.264. The molecule has 2 unspecified atom stereocenters. The van der Waals surface area contributed by atoms with Gasteiger partial charge in [0.1, 0.15) is 6.29 Å². The first kappa shape index (κ1) is 22.8. The lowest BCUT2D eigenvalue weighted by Crippen LogP contribution is -2.54. The minimum atomic E-state index is -4.39. The number of aryl methyl sites for hydroxylation is 1. The van der Waals surface area contributed by atoms with Crippen molar-refractivity contribution in [1.29, 1.82) is 0 Å². The SMILES string of the molecule is CCC1CN(S(=O)(=O)c2ccc3c(c2)C(C=O)CC3)CCN1c1ccc(C(F)(F)F)cc1. The Morgan fingerprint density at radius 1 is 1.09 bits per heavy atom. The number of halogens is 3. The van der Waals surface area contributed by atoms with E-state index in [1.165, 1.54) is 16.4 Å². The summed E-state index contributed by atoms with van der Waals surface area (Å²) < 4.78 is 66.7. The summed E-state index contributed by atoms with van der Waals surface area (Å²) in [6.07, 6.45) is -1.41. The summed E-state index contributed by atoms with van der Waals surface area (Å²) in [5, 5.41) is 0. The molecule has 32 heavy (non-hydrogen) atoms. The van der Waals surface area contributed by atoms with E-state index in [0.29, 0.717) is 25.1 Å². The molecule has 9 heteroatoms. The van der Waals surface area contributed by atoms with Gasteiger partial charge in [-0.05, 0) is 66.8 Å². The van der Waals surface area contributed by atoms with Gasteiger partial charge in [-0.2, -0.15) is 17.5 Å². The van der Waals surface area contributed by atoms with Crippen molar-refractivity contribution in [2.45, 2.75) is 49.2 Å². The fraction of sp³-hybridized carbons (Fsp3) is 0.435. The first-order chi connectivity index (χ1) is 15.1. The van der Waals surface area contributed by atoms with Crippen LogP contribution in [-0.2, 0) is 27.4 Å². The normalized spacial score (nSPS) is 22.1. The zero-order chi connectivity index (χ0) is 23.1. The number of rotatable bonds is 5. The number of piperazine rings is 1. The number of anilines is 1. The van der Waals surface area contributed by atoms with Crippen LogP contribution in [0.2, 0.25) is 0 Å². The van der Waals surface area contributed by atoms with Gasteiger partial charge in [0.2, 0.25) is 10.0 Å². The van der Waals surface area contributed by atoms with Crippen molar-refractivity contribution in [3.8, 4) is 0 Å². The van der Waals surface area contributed by atoms with Gasteiger partial charge < -0.3 is 9.69 Å². The highest BCUT2D eigenvalue weighted by Crippen LogP contribution is 2.35. The van der Waals surface area contributed by atoms with Gasteiger partial charge in [-0.25, -0.2) is 8.42 Å². The van der Waals surface area contributed by atoms with E-state index in [9.17, 15) is 26.4 Å². The topological polar surface area (TPSA) is 57.7 Å². The molecule has 2 aromatic rings. The second-order valence-corrected chi connectivity index (χ2v) is 10.2. The summed E-state index contributed by atoms with van der Waals surface area (Å²) in [7, 11) is -3.75. The van der Waals surface area contributed by atoms with Crippen molar-refractivity contribution in [2.24, 2.45) is 0 Å². The number of carbonyl (C=O) groups excluding carboxylic acids is 1. The van der Waals surface area contributed by atoms with Crippen LogP contribution in [0.15, 0.2) is 47.4 Å². The van der Waals surface area contributed by atoms with E-state index in [1.807, 2.05) is 11.8 Å². The molecule has 1 aliphatic heterocycles. The van der Waals surface area contributed by atoms with E-state index in [4.69, 9.17) is 0 Å². The molecule has 2 aliphatic rings. The molecule has 0 bridgehead atoms. The number of fused-ring (bicyclic) bond motifs is 1. The maximum atomic E-state index is 13.3. The summed E-state index contributed by atoms with van der Waals surface area (Å²) in [4.78, 5) is 13.5. The van der Waals surface area contributed by atoms with E-state index in [2.05, 4.69) is 0 Å². The maximum Gasteiger partial charge on any atom is 0.416 e. The molecule has 0 N–H and O–H groups in total. The fourth-order valence-electron chi connectivity index (χ4n) is 4.64. The molecule has 0 amide bonds. The van der Waals surface area contributed by atoms with Crippen LogP contribution >= 0.6 is 0 Å². The van der Waals surface area contributed by atoms with Gasteiger partial charge in [0.15, 0.2) is 0 Å². The average Bonchev–Trinajstić information content (AvgIpc) is 3.20. The third-order valence-electron chi connectivity index (χ3n) is 6.49. The lowest BCUT2D eigenvalue weighted by atomic mass is 10.0. The zero-order valence-electron chi connectivity index (χ0n) is 17.7. The number of benzene rings is 2. The van der Waals surface area contributed by atoms with Crippen LogP contribution in [0, 0.1) is 0 Å². The number of carbonyl (C=O) groups is 1. The average molecular weight is 467 g/mol. The van der Waals surface area contributed by atoms with Crippen molar-refractivity contribution in [1.82, 2.24) is 4.31 Å². The highest BCUT2D eigenvalue weighted by molar-refractivity contribution is 7.89. The third-order valence-corrected chi connectivity index (χ3v) is 8.35. The summed E-state index contributed by atoms with van der Waals surface area (Å²) in [5.41, 5.74) is 1.74. The van der Waals surface area contributed by atoms with E-state index in [1.54, 1.807) is 18.2 Å². The van der Waals surface area contributed by atoms with Gasteiger partial charge in [-0.3, -0.25) is 0 Å². The van der Waals surface area contributed by atoms with Crippen molar-refractivity contribution < 1.29 is 26.4 Å². The lowest BCUT2D eigenvalue weighted by Gasteiger charge is -2.42. The number of alkyl halides is 3. The Hall–Kier alpha value is -2.39. The summed E-state index contributed by atoms with van der Waals surface area (Å²) in [6, 6.07) is 9.85. The number of hydrogen-bond donors (Lipinski definition) is 0. The standard InChI is InChI=1S/C23H25F3N2O3S/c1-2-19-14-27(11-12-28(19)20-8-6-18(7-9-20)23(24,25)26)32(30,31)21-10-5-16-3-4-17(15-29)22(16)13-21/h5-10,13,15,17,19H,2-4,11-12,14H2,1H3. The highest BCUT2D eigenvalue weighted by atomic mass is 32.2.